The number of alkyl halides is 3. The fraction of sp³-hybridized carbons (Fsp3) is 0.0690. The Kier molecular flexibility index (Phi) is 6.86. The van der Waals surface area contributed by atoms with Crippen LogP contribution in [0.4, 0.5) is 36.4 Å². The van der Waals surface area contributed by atoms with Crippen LogP contribution in [0.5, 0.6) is 5.75 Å². The van der Waals surface area contributed by atoms with Crippen LogP contribution in [0.3, 0.4) is 0 Å². The zero-order valence-electron chi connectivity index (χ0n) is 19.8. The average Bonchev–Trinajstić information content (AvgIpc) is 2.92. The van der Waals surface area contributed by atoms with Crippen LogP contribution in [-0.2, 0) is 12.8 Å². The molecule has 0 spiro atoms. The van der Waals surface area contributed by atoms with Gasteiger partial charge in [0.05, 0.1) is 6.21 Å². The lowest BCUT2D eigenvalue weighted by atomic mass is 10.0. The Morgan fingerprint density at radius 3 is 1.95 bits per heavy atom. The molecule has 198 valence electrons. The molecule has 0 radical (unpaired) electrons. The van der Waals surface area contributed by atoms with Gasteiger partial charge in [0, 0.05) is 5.56 Å². The van der Waals surface area contributed by atoms with Crippen LogP contribution < -0.4 is 10.2 Å². The van der Waals surface area contributed by atoms with Gasteiger partial charge in [-0.15, -0.1) is 0 Å². The molecule has 0 aliphatic heterocycles. The Hall–Kier alpha value is -4.60. The molecule has 0 heterocycles. The summed E-state index contributed by atoms with van der Waals surface area (Å²) in [4.78, 5) is 0. The van der Waals surface area contributed by atoms with Gasteiger partial charge in [0.1, 0.15) is 23.6 Å². The van der Waals surface area contributed by atoms with Crippen LogP contribution in [0.15, 0.2) is 84.0 Å². The topological polar surface area (TPSA) is 33.6 Å². The fourth-order valence-electron chi connectivity index (χ4n) is 4.25. The molecule has 10 heteroatoms. The highest BCUT2D eigenvalue weighted by molar-refractivity contribution is 6.02. The van der Waals surface area contributed by atoms with Gasteiger partial charge in [-0.05, 0) is 33.2 Å². The number of fused-ring (bicyclic) bond motifs is 2. The quantitative estimate of drug-likeness (QED) is 0.101. The molecular formula is C29H17F7N2O. The van der Waals surface area contributed by atoms with Crippen molar-refractivity contribution in [2.75, 3.05) is 5.43 Å². The Labute approximate surface area is 217 Å². The van der Waals surface area contributed by atoms with Gasteiger partial charge in [0.25, 0.3) is 0 Å². The maximum atomic E-state index is 14.3. The molecule has 1 N–H and O–H groups in total. The van der Waals surface area contributed by atoms with Crippen molar-refractivity contribution in [3.05, 3.63) is 119 Å². The van der Waals surface area contributed by atoms with Crippen LogP contribution in [0, 0.1) is 23.3 Å². The van der Waals surface area contributed by atoms with Gasteiger partial charge in [-0.3, -0.25) is 5.43 Å². The smallest absolute Gasteiger partial charge is 0.422 e. The van der Waals surface area contributed by atoms with Crippen LogP contribution in [0.1, 0.15) is 16.7 Å². The molecule has 0 aliphatic carbocycles. The molecule has 5 rings (SSSR count). The second-order valence-corrected chi connectivity index (χ2v) is 8.50. The standard InChI is InChI=1S/C29H17F7N2O/c30-24-23(29(34,35)36)25(31)27(33)28(26(24)32)38-37-14-21-20-11-4-2-7-17(20)12-13-22(21)39-15-18-9-5-8-16-6-1-3-10-19(16)18/h1-14,38H,15H2/b37-14+. The number of rotatable bonds is 6. The van der Waals surface area contributed by atoms with Crippen molar-refractivity contribution in [2.45, 2.75) is 12.8 Å². The predicted octanol–water partition coefficient (Wildman–Crippen LogP) is 8.59. The van der Waals surface area contributed by atoms with Crippen LogP contribution in [0.2, 0.25) is 0 Å². The highest BCUT2D eigenvalue weighted by Gasteiger charge is 2.42. The fourth-order valence-corrected chi connectivity index (χ4v) is 4.25. The van der Waals surface area contributed by atoms with E-state index in [2.05, 4.69) is 5.10 Å². The molecule has 0 saturated carbocycles. The molecule has 39 heavy (non-hydrogen) atoms. The summed E-state index contributed by atoms with van der Waals surface area (Å²) in [5.74, 6) is -9.35. The first-order chi connectivity index (χ1) is 18.7. The van der Waals surface area contributed by atoms with Crippen LogP contribution >= 0.6 is 0 Å². The number of anilines is 1. The van der Waals surface area contributed by atoms with Gasteiger partial charge in [0.15, 0.2) is 23.3 Å². The third-order valence-electron chi connectivity index (χ3n) is 6.11. The number of nitrogens with one attached hydrogen (secondary N) is 1. The van der Waals surface area contributed by atoms with E-state index in [1.165, 1.54) is 0 Å². The molecule has 0 atom stereocenters. The van der Waals surface area contributed by atoms with E-state index in [1.807, 2.05) is 42.5 Å². The summed E-state index contributed by atoms with van der Waals surface area (Å²) in [7, 11) is 0. The molecule has 0 saturated heterocycles. The summed E-state index contributed by atoms with van der Waals surface area (Å²) in [6.07, 6.45) is -4.54. The molecule has 5 aromatic carbocycles. The Morgan fingerprint density at radius 2 is 1.28 bits per heavy atom. The molecule has 3 nitrogen and oxygen atoms in total. The third-order valence-corrected chi connectivity index (χ3v) is 6.11. The van der Waals surface area contributed by atoms with Gasteiger partial charge in [0.2, 0.25) is 0 Å². The van der Waals surface area contributed by atoms with E-state index in [9.17, 15) is 30.7 Å². The van der Waals surface area contributed by atoms with Crippen molar-refractivity contribution in [3.8, 4) is 5.75 Å². The highest BCUT2D eigenvalue weighted by atomic mass is 19.4. The van der Waals surface area contributed by atoms with E-state index in [1.54, 1.807) is 41.8 Å². The maximum Gasteiger partial charge on any atom is 0.422 e. The zero-order valence-corrected chi connectivity index (χ0v) is 19.8. The molecule has 0 aromatic heterocycles. The number of hydrazone groups is 1. The van der Waals surface area contributed by atoms with Crippen molar-refractivity contribution in [3.63, 3.8) is 0 Å². The first kappa shape index (κ1) is 26.0. The molecule has 0 amide bonds. The van der Waals surface area contributed by atoms with Gasteiger partial charge in [-0.25, -0.2) is 17.6 Å². The van der Waals surface area contributed by atoms with Crippen molar-refractivity contribution in [1.82, 2.24) is 0 Å². The third kappa shape index (κ3) is 4.97. The van der Waals surface area contributed by atoms with Gasteiger partial charge >= 0.3 is 6.18 Å². The van der Waals surface area contributed by atoms with Crippen molar-refractivity contribution < 1.29 is 35.5 Å². The Balaban J connectivity index is 1.50. The number of benzene rings is 5. The lowest BCUT2D eigenvalue weighted by Crippen LogP contribution is -2.16. The zero-order chi connectivity index (χ0) is 27.7. The highest BCUT2D eigenvalue weighted by Crippen LogP contribution is 2.38. The number of hydrogen-bond donors (Lipinski definition) is 1. The van der Waals surface area contributed by atoms with E-state index in [0.29, 0.717) is 16.7 Å². The molecule has 0 bridgehead atoms. The van der Waals surface area contributed by atoms with Crippen LogP contribution in [0.25, 0.3) is 21.5 Å². The van der Waals surface area contributed by atoms with E-state index in [-0.39, 0.29) is 6.61 Å². The summed E-state index contributed by atoms with van der Waals surface area (Å²) in [6.45, 7) is 0.159. The number of nitrogens with zero attached hydrogens (tertiary/aromatic N) is 1. The minimum absolute atomic E-state index is 0.159. The van der Waals surface area contributed by atoms with E-state index >= 15 is 0 Å². The summed E-state index contributed by atoms with van der Waals surface area (Å²) in [5, 5.41) is 7.07. The Morgan fingerprint density at radius 1 is 0.692 bits per heavy atom. The second-order valence-electron chi connectivity index (χ2n) is 8.50. The van der Waals surface area contributed by atoms with E-state index < -0.39 is 40.7 Å². The van der Waals surface area contributed by atoms with Gasteiger partial charge < -0.3 is 4.74 Å². The predicted molar refractivity (Wildman–Crippen MR) is 135 cm³/mol. The molecule has 5 aromatic rings. The summed E-state index contributed by atoms with van der Waals surface area (Å²) >= 11 is 0. The van der Waals surface area contributed by atoms with Crippen molar-refractivity contribution in [2.24, 2.45) is 5.10 Å². The van der Waals surface area contributed by atoms with Gasteiger partial charge in [-0.2, -0.15) is 18.3 Å². The first-order valence-electron chi connectivity index (χ1n) is 11.5. The number of ether oxygens (including phenoxy) is 1. The monoisotopic (exact) mass is 542 g/mol. The van der Waals surface area contributed by atoms with Crippen LogP contribution in [-0.4, -0.2) is 6.21 Å². The lowest BCUT2D eigenvalue weighted by Gasteiger charge is -2.14. The largest absolute Gasteiger partial charge is 0.488 e. The second kappa shape index (κ2) is 10.3. The SMILES string of the molecule is Fc1c(F)c(C(F)(F)F)c(F)c(F)c1N/N=C/c1c(OCc2cccc3ccccc23)ccc2ccccc12. The first-order valence-corrected chi connectivity index (χ1v) is 11.5. The van der Waals surface area contributed by atoms with Crippen molar-refractivity contribution in [1.29, 1.82) is 0 Å². The van der Waals surface area contributed by atoms with E-state index in [4.69, 9.17) is 4.74 Å². The number of halogens is 7. The number of hydrogen-bond acceptors (Lipinski definition) is 3. The summed E-state index contributed by atoms with van der Waals surface area (Å²) in [6, 6.07) is 24.0. The summed E-state index contributed by atoms with van der Waals surface area (Å²) in [5.41, 5.74) is -1.13. The average molecular weight is 542 g/mol. The lowest BCUT2D eigenvalue weighted by molar-refractivity contribution is -0.143. The minimum atomic E-state index is -5.64. The molecule has 0 unspecified atom stereocenters. The maximum absolute atomic E-state index is 14.3. The molecular weight excluding hydrogens is 525 g/mol. The minimum Gasteiger partial charge on any atom is -0.488 e. The van der Waals surface area contributed by atoms with E-state index in [0.717, 1.165) is 27.9 Å². The molecule has 0 aliphatic rings. The van der Waals surface area contributed by atoms with Gasteiger partial charge in [-0.1, -0.05) is 72.8 Å². The normalized spacial score (nSPS) is 12.0. The van der Waals surface area contributed by atoms with Crippen molar-refractivity contribution >= 4 is 33.4 Å². The molecule has 0 fully saturated rings. The summed E-state index contributed by atoms with van der Waals surface area (Å²) < 4.78 is 101. The Bertz CT molecular complexity index is 1700.